The molecule has 0 spiro atoms. The zero-order chi connectivity index (χ0) is 38.7. The highest BCUT2D eigenvalue weighted by atomic mass is 16.6. The van der Waals surface area contributed by atoms with Crippen LogP contribution in [-0.4, -0.2) is 148 Å². The van der Waals surface area contributed by atoms with Crippen molar-refractivity contribution < 1.29 is 55.1 Å². The van der Waals surface area contributed by atoms with Gasteiger partial charge >= 0.3 is 11.4 Å². The zero-order valence-electron chi connectivity index (χ0n) is 27.6. The van der Waals surface area contributed by atoms with E-state index in [0.29, 0.717) is 5.52 Å². The Hall–Kier alpha value is -4.93. The number of fused-ring (bicyclic) bond motifs is 1. The Balaban J connectivity index is 0.000000154. The summed E-state index contributed by atoms with van der Waals surface area (Å²) in [6.45, 7) is -1.15. The second-order valence-electron chi connectivity index (χ2n) is 11.9. The van der Waals surface area contributed by atoms with Crippen LogP contribution < -0.4 is 34.3 Å². The Morgan fingerprint density at radius 3 is 1.64 bits per heavy atom. The normalized spacial score (nSPS) is 30.8. The Morgan fingerprint density at radius 1 is 0.660 bits per heavy atom. The number of ether oxygens (including phenoxy) is 3. The molecule has 3 aliphatic heterocycles. The van der Waals surface area contributed by atoms with Gasteiger partial charge in [-0.1, -0.05) is 0 Å². The lowest BCUT2D eigenvalue weighted by molar-refractivity contribution is -0.0549. The fraction of sp³-hybridized carbons (Fsp3) is 0.536. The number of aromatic nitrogens is 8. The smallest absolute Gasteiger partial charge is 0.351 e. The summed E-state index contributed by atoms with van der Waals surface area (Å²) in [7, 11) is 0. The monoisotopic (exact) mass is 752 g/mol. The van der Waals surface area contributed by atoms with Crippen molar-refractivity contribution in [3.8, 4) is 0 Å². The summed E-state index contributed by atoms with van der Waals surface area (Å²) in [6, 6.07) is 2.85. The van der Waals surface area contributed by atoms with Crippen LogP contribution >= 0.6 is 0 Å². The van der Waals surface area contributed by atoms with E-state index in [1.54, 1.807) is 0 Å². The first-order chi connectivity index (χ1) is 25.2. The molecule has 11 atom stereocenters. The van der Waals surface area contributed by atoms with Gasteiger partial charge in [-0.25, -0.2) is 14.6 Å². The Labute approximate surface area is 296 Å². The second-order valence-corrected chi connectivity index (χ2v) is 11.9. The van der Waals surface area contributed by atoms with E-state index < -0.39 is 92.1 Å². The van der Waals surface area contributed by atoms with Gasteiger partial charge in [0.25, 0.3) is 0 Å². The number of aliphatic hydroxyl groups excluding tert-OH is 8. The fourth-order valence-corrected chi connectivity index (χ4v) is 5.68. The van der Waals surface area contributed by atoms with E-state index in [0.717, 1.165) is 4.57 Å². The van der Waals surface area contributed by atoms with Gasteiger partial charge in [-0.15, -0.1) is 0 Å². The molecule has 0 amide bonds. The molecule has 16 N–H and O–H groups in total. The number of nitrogens with two attached hydrogens (primary N) is 4. The molecule has 0 bridgehead atoms. The minimum absolute atomic E-state index is 0.0384. The molecule has 4 aromatic rings. The van der Waals surface area contributed by atoms with E-state index in [1.807, 2.05) is 0 Å². The summed E-state index contributed by atoms with van der Waals surface area (Å²) >= 11 is 0. The van der Waals surface area contributed by atoms with Crippen LogP contribution in [0.5, 0.6) is 0 Å². The van der Waals surface area contributed by atoms with Crippen molar-refractivity contribution in [2.24, 2.45) is 0 Å². The molecule has 3 saturated heterocycles. The minimum atomic E-state index is -1.31. The van der Waals surface area contributed by atoms with Gasteiger partial charge in [-0.05, 0) is 12.1 Å². The van der Waals surface area contributed by atoms with Crippen LogP contribution in [-0.2, 0) is 14.2 Å². The van der Waals surface area contributed by atoms with Gasteiger partial charge in [0.15, 0.2) is 23.9 Å². The highest BCUT2D eigenvalue weighted by molar-refractivity contribution is 5.82. The van der Waals surface area contributed by atoms with Crippen LogP contribution in [0, 0.1) is 0 Å². The van der Waals surface area contributed by atoms with E-state index in [2.05, 4.69) is 24.9 Å². The minimum Gasteiger partial charge on any atom is -0.394 e. The first-order valence-corrected chi connectivity index (χ1v) is 15.8. The summed E-state index contributed by atoms with van der Waals surface area (Å²) in [5.41, 5.74) is 21.3. The standard InChI is InChI=1S/C10H14N6O4.C9H13N3O5.C9H13N3O4/c11-7-4-8(15-10(12)14-7)16(2-13-4)9-6(19)5(18)3(1-17)20-9;10-5-1-2-12(9(16)11-5)8-7(15)6(14)4(3-13)17-8;10-7-1-2-12(9(15)11-7)8-3-5(14)6(4-13)16-8/h2-3,5-6,9,17-19H,1H2,(H4,11,12,14,15);1-2,4,6-8,13-15H,3H2,(H2,10,11,16);1-2,5-6,8,13-14H,3-4H2,(H2,10,11,15)/t3-,5-,6-,9-;4-,6-,7-,8-;5-,6+,8+/m110/s1. The number of nitrogens with zero attached hydrogens (tertiary/aromatic N) is 8. The summed E-state index contributed by atoms with van der Waals surface area (Å²) in [6.07, 6.45) is -6.52. The molecule has 0 unspecified atom stereocenters. The molecular formula is C28H40N12O13. The number of imidazole rings is 1. The van der Waals surface area contributed by atoms with Crippen LogP contribution in [0.3, 0.4) is 0 Å². The SMILES string of the molecule is Nc1ccn([C@@H]2O[C@H](CO)[C@@H](O)[C@H]2O)c(=O)n1.Nc1ccn([C@H]2C[C@H](O)[C@@H](CO)O2)c(=O)n1.Nc1nc(N)c2ncn([C@@H]3O[C@H](CO)[C@@H](O)[C@H]3O)c2n1. The molecule has 53 heavy (non-hydrogen) atoms. The molecule has 3 aliphatic rings. The molecule has 0 saturated carbocycles. The third kappa shape index (κ3) is 8.19. The predicted octanol–water partition coefficient (Wildman–Crippen LogP) is -6.49. The number of nitrogen functional groups attached to an aromatic ring is 4. The Bertz CT molecular complexity index is 1980. The van der Waals surface area contributed by atoms with E-state index in [4.69, 9.17) is 52.5 Å². The summed E-state index contributed by atoms with van der Waals surface area (Å²) in [5.74, 6) is 0.262. The summed E-state index contributed by atoms with van der Waals surface area (Å²) in [4.78, 5) is 41.8. The Kier molecular flexibility index (Phi) is 12.1. The lowest BCUT2D eigenvalue weighted by Gasteiger charge is -2.16. The van der Waals surface area contributed by atoms with E-state index in [9.17, 15) is 35.1 Å². The Morgan fingerprint density at radius 2 is 1.17 bits per heavy atom. The van der Waals surface area contributed by atoms with Crippen LogP contribution in [0.4, 0.5) is 23.4 Å². The maximum Gasteiger partial charge on any atom is 0.351 e. The molecule has 0 aliphatic carbocycles. The van der Waals surface area contributed by atoms with Crippen molar-refractivity contribution in [1.29, 1.82) is 0 Å². The number of hydrogen-bond acceptors (Lipinski definition) is 22. The molecule has 25 heteroatoms. The molecular weight excluding hydrogens is 712 g/mol. The van der Waals surface area contributed by atoms with Gasteiger partial charge in [-0.2, -0.15) is 19.9 Å². The topological polar surface area (TPSA) is 407 Å². The first kappa shape index (κ1) is 39.3. The van der Waals surface area contributed by atoms with Crippen molar-refractivity contribution in [3.05, 3.63) is 51.8 Å². The van der Waals surface area contributed by atoms with E-state index in [1.165, 1.54) is 40.0 Å². The zero-order valence-corrected chi connectivity index (χ0v) is 27.6. The molecule has 25 nitrogen and oxygen atoms in total. The molecule has 3 fully saturated rings. The molecule has 7 heterocycles. The van der Waals surface area contributed by atoms with Crippen LogP contribution in [0.2, 0.25) is 0 Å². The maximum absolute atomic E-state index is 11.5. The third-order valence-corrected chi connectivity index (χ3v) is 8.45. The largest absolute Gasteiger partial charge is 0.394 e. The van der Waals surface area contributed by atoms with Crippen LogP contribution in [0.25, 0.3) is 11.2 Å². The van der Waals surface area contributed by atoms with Gasteiger partial charge in [0.1, 0.15) is 66.1 Å². The molecule has 290 valence electrons. The predicted molar refractivity (Wildman–Crippen MR) is 178 cm³/mol. The van der Waals surface area contributed by atoms with Crippen molar-refractivity contribution in [2.45, 2.75) is 73.9 Å². The van der Waals surface area contributed by atoms with Gasteiger partial charge in [0.2, 0.25) is 5.95 Å². The number of rotatable bonds is 6. The van der Waals surface area contributed by atoms with Gasteiger partial charge in [-0.3, -0.25) is 13.7 Å². The number of anilines is 4. The highest BCUT2D eigenvalue weighted by Gasteiger charge is 2.45. The van der Waals surface area contributed by atoms with Gasteiger partial charge in [0.05, 0.1) is 32.3 Å². The van der Waals surface area contributed by atoms with Crippen LogP contribution in [0.1, 0.15) is 25.1 Å². The third-order valence-electron chi connectivity index (χ3n) is 8.45. The van der Waals surface area contributed by atoms with Crippen molar-refractivity contribution in [3.63, 3.8) is 0 Å². The molecule has 7 rings (SSSR count). The van der Waals surface area contributed by atoms with Gasteiger partial charge < -0.3 is 78.0 Å². The lowest BCUT2D eigenvalue weighted by atomic mass is 10.1. The average Bonchev–Trinajstić information content (AvgIpc) is 3.86. The van der Waals surface area contributed by atoms with Crippen LogP contribution in [0.15, 0.2) is 40.4 Å². The number of aliphatic hydroxyl groups is 8. The van der Waals surface area contributed by atoms with Crippen molar-refractivity contribution in [1.82, 2.24) is 38.6 Å². The fourth-order valence-electron chi connectivity index (χ4n) is 5.68. The quantitative estimate of drug-likeness (QED) is 0.0871. The average molecular weight is 753 g/mol. The molecule has 4 aromatic heterocycles. The molecule has 0 radical (unpaired) electrons. The van der Waals surface area contributed by atoms with Crippen molar-refractivity contribution >= 4 is 34.6 Å². The summed E-state index contributed by atoms with van der Waals surface area (Å²) < 4.78 is 19.5. The van der Waals surface area contributed by atoms with E-state index >= 15 is 0 Å². The van der Waals surface area contributed by atoms with Gasteiger partial charge in [0, 0.05) is 18.8 Å². The summed E-state index contributed by atoms with van der Waals surface area (Å²) in [5, 5.41) is 75.4. The van der Waals surface area contributed by atoms with Crippen molar-refractivity contribution in [2.75, 3.05) is 42.8 Å². The first-order valence-electron chi connectivity index (χ1n) is 15.8. The lowest BCUT2D eigenvalue weighted by Crippen LogP contribution is -2.36. The highest BCUT2D eigenvalue weighted by Crippen LogP contribution is 2.32. The maximum atomic E-state index is 11.5. The molecule has 0 aromatic carbocycles. The van der Waals surface area contributed by atoms with E-state index in [-0.39, 0.29) is 42.1 Å². The number of hydrogen-bond donors (Lipinski definition) is 12. The second kappa shape index (κ2) is 16.4.